The second kappa shape index (κ2) is 7.83. The van der Waals surface area contributed by atoms with Gasteiger partial charge in [-0.25, -0.2) is 9.48 Å². The Kier molecular flexibility index (Phi) is 5.56. The first-order chi connectivity index (χ1) is 11.6. The van der Waals surface area contributed by atoms with Crippen LogP contribution < -0.4 is 5.32 Å². The molecule has 0 spiro atoms. The molecule has 3 rings (SSSR count). The van der Waals surface area contributed by atoms with Gasteiger partial charge in [-0.2, -0.15) is 5.10 Å². The molecule has 0 bridgehead atoms. The fourth-order valence-corrected chi connectivity index (χ4v) is 3.46. The van der Waals surface area contributed by atoms with E-state index in [9.17, 15) is 4.79 Å². The number of nitrogens with zero attached hydrogens (tertiary/aromatic N) is 3. The van der Waals surface area contributed by atoms with E-state index in [1.807, 2.05) is 42.1 Å². The van der Waals surface area contributed by atoms with Crippen molar-refractivity contribution in [3.05, 3.63) is 46.6 Å². The first kappa shape index (κ1) is 17.0. The Hall–Kier alpha value is -1.82. The minimum Gasteiger partial charge on any atom is -0.327 e. The molecule has 1 aromatic heterocycles. The summed E-state index contributed by atoms with van der Waals surface area (Å²) in [6.07, 6.45) is 6.77. The first-order valence-corrected chi connectivity index (χ1v) is 9.19. The maximum Gasteiger partial charge on any atom is 0.322 e. The normalized spacial score (nSPS) is 14.8. The van der Waals surface area contributed by atoms with E-state index in [2.05, 4.69) is 26.3 Å². The highest BCUT2D eigenvalue weighted by Crippen LogP contribution is 2.25. The van der Waals surface area contributed by atoms with Crippen molar-refractivity contribution in [2.75, 3.05) is 18.9 Å². The number of nitrogens with one attached hydrogen (secondary N) is 1. The van der Waals surface area contributed by atoms with Crippen LogP contribution >= 0.6 is 15.9 Å². The number of urea groups is 1. The molecule has 0 aliphatic heterocycles. The third-order valence-electron chi connectivity index (χ3n) is 4.55. The van der Waals surface area contributed by atoms with E-state index in [1.165, 1.54) is 25.7 Å². The molecule has 2 amide bonds. The van der Waals surface area contributed by atoms with Gasteiger partial charge in [-0.1, -0.05) is 40.9 Å². The fourth-order valence-electron chi connectivity index (χ4n) is 3.20. The summed E-state index contributed by atoms with van der Waals surface area (Å²) in [5.41, 5.74) is 1.14. The zero-order valence-electron chi connectivity index (χ0n) is 13.9. The quantitative estimate of drug-likeness (QED) is 0.824. The van der Waals surface area contributed by atoms with Crippen molar-refractivity contribution in [3.63, 3.8) is 0 Å². The number of carbonyl (C=O) groups is 1. The summed E-state index contributed by atoms with van der Waals surface area (Å²) in [4.78, 5) is 14.2. The molecule has 1 N–H and O–H groups in total. The van der Waals surface area contributed by atoms with Crippen molar-refractivity contribution in [2.24, 2.45) is 5.92 Å². The second-order valence-corrected chi connectivity index (χ2v) is 7.38. The second-order valence-electron chi connectivity index (χ2n) is 6.46. The van der Waals surface area contributed by atoms with Crippen LogP contribution in [0, 0.1) is 5.92 Å². The number of benzene rings is 1. The monoisotopic (exact) mass is 390 g/mol. The zero-order valence-corrected chi connectivity index (χ0v) is 15.5. The van der Waals surface area contributed by atoms with Crippen LogP contribution in [0.15, 0.2) is 41.0 Å². The Labute approximate surface area is 151 Å². The largest absolute Gasteiger partial charge is 0.327 e. The first-order valence-electron chi connectivity index (χ1n) is 8.40. The SMILES string of the molecule is CN(CC1CCCC1)C(=O)Nc1ccnn1Cc1ccc(Br)cc1. The Morgan fingerprint density at radius 3 is 2.71 bits per heavy atom. The number of rotatable bonds is 5. The molecule has 1 aliphatic carbocycles. The molecule has 1 fully saturated rings. The van der Waals surface area contributed by atoms with Crippen LogP contribution in [-0.4, -0.2) is 34.3 Å². The molecular weight excluding hydrogens is 368 g/mol. The van der Waals surface area contributed by atoms with Crippen molar-refractivity contribution >= 4 is 27.8 Å². The van der Waals surface area contributed by atoms with Crippen LogP contribution in [0.25, 0.3) is 0 Å². The molecule has 1 aromatic carbocycles. The molecule has 5 nitrogen and oxygen atoms in total. The van der Waals surface area contributed by atoms with Crippen LogP contribution in [0.1, 0.15) is 31.2 Å². The van der Waals surface area contributed by atoms with Crippen LogP contribution in [0.3, 0.4) is 0 Å². The van der Waals surface area contributed by atoms with Crippen molar-refractivity contribution < 1.29 is 4.79 Å². The molecule has 1 aliphatic rings. The van der Waals surface area contributed by atoms with Gasteiger partial charge < -0.3 is 4.90 Å². The number of hydrogen-bond donors (Lipinski definition) is 1. The van der Waals surface area contributed by atoms with E-state index in [0.29, 0.717) is 12.5 Å². The van der Waals surface area contributed by atoms with Crippen molar-refractivity contribution in [3.8, 4) is 0 Å². The van der Waals surface area contributed by atoms with E-state index < -0.39 is 0 Å². The summed E-state index contributed by atoms with van der Waals surface area (Å²) in [5.74, 6) is 1.37. The molecule has 6 heteroatoms. The highest BCUT2D eigenvalue weighted by molar-refractivity contribution is 9.10. The Bertz CT molecular complexity index is 677. The molecule has 24 heavy (non-hydrogen) atoms. The molecule has 0 saturated heterocycles. The smallest absolute Gasteiger partial charge is 0.322 e. The molecule has 128 valence electrons. The summed E-state index contributed by atoms with van der Waals surface area (Å²) in [5, 5.41) is 7.30. The van der Waals surface area contributed by atoms with E-state index in [1.54, 1.807) is 11.1 Å². The molecule has 2 aromatic rings. The van der Waals surface area contributed by atoms with Gasteiger partial charge in [0.2, 0.25) is 0 Å². The molecule has 1 heterocycles. The lowest BCUT2D eigenvalue weighted by Gasteiger charge is -2.21. The molecule has 0 atom stereocenters. The number of anilines is 1. The van der Waals surface area contributed by atoms with Gasteiger partial charge in [0.05, 0.1) is 12.7 Å². The van der Waals surface area contributed by atoms with Crippen LogP contribution in [0.5, 0.6) is 0 Å². The number of amides is 2. The van der Waals surface area contributed by atoms with Crippen LogP contribution in [0.4, 0.5) is 10.6 Å². The maximum atomic E-state index is 12.4. The van der Waals surface area contributed by atoms with Gasteiger partial charge >= 0.3 is 6.03 Å². The summed E-state index contributed by atoms with van der Waals surface area (Å²) < 4.78 is 2.86. The van der Waals surface area contributed by atoms with E-state index in [-0.39, 0.29) is 6.03 Å². The molecular formula is C18H23BrN4O. The highest BCUT2D eigenvalue weighted by atomic mass is 79.9. The molecule has 0 unspecified atom stereocenters. The zero-order chi connectivity index (χ0) is 16.9. The lowest BCUT2D eigenvalue weighted by Crippen LogP contribution is -2.35. The summed E-state index contributed by atoms with van der Waals surface area (Å²) in [6.45, 7) is 1.45. The average Bonchev–Trinajstić information content (AvgIpc) is 3.22. The van der Waals surface area contributed by atoms with Gasteiger partial charge in [-0.15, -0.1) is 0 Å². The van der Waals surface area contributed by atoms with Gasteiger partial charge in [-0.3, -0.25) is 5.32 Å². The minimum atomic E-state index is -0.0699. The van der Waals surface area contributed by atoms with E-state index in [0.717, 1.165) is 22.4 Å². The highest BCUT2D eigenvalue weighted by Gasteiger charge is 2.20. The predicted molar refractivity (Wildman–Crippen MR) is 99.1 cm³/mol. The standard InChI is InChI=1S/C18H23BrN4O/c1-22(12-14-4-2-3-5-14)18(24)21-17-10-11-20-23(17)13-15-6-8-16(19)9-7-15/h6-11,14H,2-5,12-13H2,1H3,(H,21,24). The Morgan fingerprint density at radius 2 is 2.00 bits per heavy atom. The topological polar surface area (TPSA) is 50.2 Å². The molecule has 1 saturated carbocycles. The number of carbonyl (C=O) groups excluding carboxylic acids is 1. The number of hydrogen-bond acceptors (Lipinski definition) is 2. The van der Waals surface area contributed by atoms with Gasteiger partial charge in [0.15, 0.2) is 0 Å². The lowest BCUT2D eigenvalue weighted by molar-refractivity contribution is 0.214. The summed E-state index contributed by atoms with van der Waals surface area (Å²) in [7, 11) is 1.86. The van der Waals surface area contributed by atoms with Gasteiger partial charge in [0.1, 0.15) is 5.82 Å². The number of halogens is 1. The minimum absolute atomic E-state index is 0.0699. The maximum absolute atomic E-state index is 12.4. The fraction of sp³-hybridized carbons (Fsp3) is 0.444. The Balaban J connectivity index is 1.59. The van der Waals surface area contributed by atoms with Gasteiger partial charge in [0, 0.05) is 24.1 Å². The van der Waals surface area contributed by atoms with Crippen molar-refractivity contribution in [1.82, 2.24) is 14.7 Å². The summed E-state index contributed by atoms with van der Waals surface area (Å²) >= 11 is 3.44. The van der Waals surface area contributed by atoms with Gasteiger partial charge in [-0.05, 0) is 36.5 Å². The van der Waals surface area contributed by atoms with E-state index >= 15 is 0 Å². The Morgan fingerprint density at radius 1 is 1.29 bits per heavy atom. The van der Waals surface area contributed by atoms with E-state index in [4.69, 9.17) is 0 Å². The van der Waals surface area contributed by atoms with Crippen molar-refractivity contribution in [2.45, 2.75) is 32.2 Å². The third-order valence-corrected chi connectivity index (χ3v) is 5.08. The summed E-state index contributed by atoms with van der Waals surface area (Å²) in [6, 6.07) is 9.87. The third kappa shape index (κ3) is 4.38. The van der Waals surface area contributed by atoms with Crippen LogP contribution in [0.2, 0.25) is 0 Å². The van der Waals surface area contributed by atoms with Gasteiger partial charge in [0.25, 0.3) is 0 Å². The molecule has 0 radical (unpaired) electrons. The average molecular weight is 391 g/mol. The lowest BCUT2D eigenvalue weighted by atomic mass is 10.1. The van der Waals surface area contributed by atoms with Crippen LogP contribution in [-0.2, 0) is 6.54 Å². The predicted octanol–water partition coefficient (Wildman–Crippen LogP) is 4.35. The number of aromatic nitrogens is 2. The van der Waals surface area contributed by atoms with Crippen molar-refractivity contribution in [1.29, 1.82) is 0 Å².